The Hall–Kier alpha value is -2.16. The summed E-state index contributed by atoms with van der Waals surface area (Å²) in [5.74, 6) is 2.01. The van der Waals surface area contributed by atoms with Crippen molar-refractivity contribution in [2.24, 2.45) is 11.8 Å². The number of hydrogen-bond acceptors (Lipinski definition) is 5. The molecule has 0 atom stereocenters. The summed E-state index contributed by atoms with van der Waals surface area (Å²) in [4.78, 5) is 22.5. The maximum absolute atomic E-state index is 12.0. The van der Waals surface area contributed by atoms with Crippen molar-refractivity contribution < 1.29 is 4.79 Å². The highest BCUT2D eigenvalue weighted by Gasteiger charge is 2.23. The minimum absolute atomic E-state index is 0.213. The van der Waals surface area contributed by atoms with Crippen LogP contribution in [0, 0.1) is 23.2 Å². The Balaban J connectivity index is 1.42. The van der Waals surface area contributed by atoms with E-state index in [2.05, 4.69) is 26.3 Å². The Labute approximate surface area is 143 Å². The molecule has 3 rings (SSSR count). The van der Waals surface area contributed by atoms with Gasteiger partial charge in [-0.15, -0.1) is 0 Å². The van der Waals surface area contributed by atoms with Gasteiger partial charge in [-0.3, -0.25) is 4.79 Å². The first kappa shape index (κ1) is 16.7. The summed E-state index contributed by atoms with van der Waals surface area (Å²) < 4.78 is 0. The molecule has 2 aliphatic rings. The van der Waals surface area contributed by atoms with Gasteiger partial charge in [-0.2, -0.15) is 5.26 Å². The van der Waals surface area contributed by atoms with Gasteiger partial charge in [0.25, 0.3) is 0 Å². The van der Waals surface area contributed by atoms with Crippen LogP contribution in [0.4, 0.5) is 5.82 Å². The number of anilines is 1. The van der Waals surface area contributed by atoms with E-state index in [9.17, 15) is 4.79 Å². The highest BCUT2D eigenvalue weighted by molar-refractivity contribution is 5.76. The van der Waals surface area contributed by atoms with Crippen LogP contribution in [0.2, 0.25) is 0 Å². The molecule has 6 heteroatoms. The van der Waals surface area contributed by atoms with Crippen molar-refractivity contribution in [3.8, 4) is 6.07 Å². The van der Waals surface area contributed by atoms with Gasteiger partial charge in [-0.05, 0) is 37.5 Å². The number of carbonyl (C=O) groups excluding carboxylic acids is 1. The summed E-state index contributed by atoms with van der Waals surface area (Å²) in [5, 5.41) is 12.3. The predicted molar refractivity (Wildman–Crippen MR) is 91.3 cm³/mol. The second-order valence-electron chi connectivity index (χ2n) is 6.93. The van der Waals surface area contributed by atoms with Gasteiger partial charge in [0.15, 0.2) is 11.5 Å². The lowest BCUT2D eigenvalue weighted by molar-refractivity contribution is -0.122. The molecule has 1 amide bonds. The SMILES string of the molecule is N#Cc1nccnc1N1CCC(CNC(=O)CC2CCCC2)CC1. The lowest BCUT2D eigenvalue weighted by atomic mass is 9.96. The minimum atomic E-state index is 0.213. The molecule has 1 saturated heterocycles. The number of carbonyl (C=O) groups is 1. The molecule has 0 radical (unpaired) electrons. The van der Waals surface area contributed by atoms with Crippen LogP contribution in [0.15, 0.2) is 12.4 Å². The molecule has 1 aliphatic heterocycles. The average molecular weight is 327 g/mol. The van der Waals surface area contributed by atoms with E-state index in [1.54, 1.807) is 12.4 Å². The molecule has 1 aromatic heterocycles. The number of hydrogen-bond donors (Lipinski definition) is 1. The van der Waals surface area contributed by atoms with Gasteiger partial charge in [0.2, 0.25) is 5.91 Å². The fourth-order valence-electron chi connectivity index (χ4n) is 3.80. The van der Waals surface area contributed by atoms with Gasteiger partial charge in [-0.25, -0.2) is 9.97 Å². The molecular formula is C18H25N5O. The maximum atomic E-state index is 12.0. The van der Waals surface area contributed by atoms with E-state index in [-0.39, 0.29) is 5.91 Å². The molecule has 2 fully saturated rings. The third-order valence-electron chi connectivity index (χ3n) is 5.24. The van der Waals surface area contributed by atoms with Gasteiger partial charge in [0.1, 0.15) is 6.07 Å². The van der Waals surface area contributed by atoms with Crippen LogP contribution >= 0.6 is 0 Å². The number of nitriles is 1. The zero-order valence-electron chi connectivity index (χ0n) is 14.1. The molecule has 0 unspecified atom stereocenters. The highest BCUT2D eigenvalue weighted by atomic mass is 16.1. The molecule has 1 aliphatic carbocycles. The smallest absolute Gasteiger partial charge is 0.220 e. The summed E-state index contributed by atoms with van der Waals surface area (Å²) in [6.45, 7) is 2.48. The van der Waals surface area contributed by atoms with E-state index in [4.69, 9.17) is 5.26 Å². The lowest BCUT2D eigenvalue weighted by Gasteiger charge is -2.33. The second-order valence-corrected chi connectivity index (χ2v) is 6.93. The van der Waals surface area contributed by atoms with Crippen molar-refractivity contribution in [3.63, 3.8) is 0 Å². The summed E-state index contributed by atoms with van der Waals surface area (Å²) in [6.07, 6.45) is 10.9. The number of amides is 1. The Morgan fingerprint density at radius 2 is 1.88 bits per heavy atom. The third kappa shape index (κ3) is 4.22. The monoisotopic (exact) mass is 327 g/mol. The summed E-state index contributed by atoms with van der Waals surface area (Å²) in [5.41, 5.74) is 0.390. The van der Waals surface area contributed by atoms with Gasteiger partial charge >= 0.3 is 0 Å². The van der Waals surface area contributed by atoms with E-state index in [0.29, 0.717) is 29.8 Å². The standard InChI is InChI=1S/C18H25N5O/c19-12-16-18(21-8-7-20-16)23-9-5-15(6-10-23)13-22-17(24)11-14-3-1-2-4-14/h7-8,14-15H,1-6,9-11,13H2,(H,22,24). The van der Waals surface area contributed by atoms with Gasteiger partial charge < -0.3 is 10.2 Å². The molecule has 0 spiro atoms. The quantitative estimate of drug-likeness (QED) is 0.897. The Bertz CT molecular complexity index is 598. The second kappa shape index (κ2) is 8.09. The molecule has 0 bridgehead atoms. The molecule has 0 aromatic carbocycles. The zero-order valence-corrected chi connectivity index (χ0v) is 14.1. The molecular weight excluding hydrogens is 302 g/mol. The van der Waals surface area contributed by atoms with Crippen molar-refractivity contribution in [2.75, 3.05) is 24.5 Å². The van der Waals surface area contributed by atoms with E-state index < -0.39 is 0 Å². The average Bonchev–Trinajstić information content (AvgIpc) is 3.13. The molecule has 2 heterocycles. The molecule has 1 N–H and O–H groups in total. The molecule has 6 nitrogen and oxygen atoms in total. The normalized spacial score (nSPS) is 19.2. The summed E-state index contributed by atoms with van der Waals surface area (Å²) in [7, 11) is 0. The van der Waals surface area contributed by atoms with Gasteiger partial charge in [0, 0.05) is 38.4 Å². The van der Waals surface area contributed by atoms with Gasteiger partial charge in [-0.1, -0.05) is 12.8 Å². The van der Waals surface area contributed by atoms with Crippen LogP contribution < -0.4 is 10.2 Å². The number of aromatic nitrogens is 2. The Kier molecular flexibility index (Phi) is 5.63. The van der Waals surface area contributed by atoms with E-state index in [1.165, 1.54) is 25.7 Å². The van der Waals surface area contributed by atoms with Crippen molar-refractivity contribution in [1.82, 2.24) is 15.3 Å². The Morgan fingerprint density at radius 3 is 2.58 bits per heavy atom. The van der Waals surface area contributed by atoms with Crippen molar-refractivity contribution in [3.05, 3.63) is 18.1 Å². The van der Waals surface area contributed by atoms with Crippen LogP contribution in [-0.4, -0.2) is 35.5 Å². The van der Waals surface area contributed by atoms with Crippen molar-refractivity contribution in [1.29, 1.82) is 5.26 Å². The maximum Gasteiger partial charge on any atom is 0.220 e. The van der Waals surface area contributed by atoms with Crippen LogP contribution in [-0.2, 0) is 4.79 Å². The minimum Gasteiger partial charge on any atom is -0.356 e. The number of rotatable bonds is 5. The summed E-state index contributed by atoms with van der Waals surface area (Å²) >= 11 is 0. The fourth-order valence-corrected chi connectivity index (χ4v) is 3.80. The van der Waals surface area contributed by atoms with E-state index in [1.807, 2.05) is 0 Å². The first-order valence-electron chi connectivity index (χ1n) is 8.99. The largest absolute Gasteiger partial charge is 0.356 e. The third-order valence-corrected chi connectivity index (χ3v) is 5.24. The molecule has 1 saturated carbocycles. The summed E-state index contributed by atoms with van der Waals surface area (Å²) in [6, 6.07) is 2.11. The van der Waals surface area contributed by atoms with Crippen LogP contribution in [0.3, 0.4) is 0 Å². The first-order valence-corrected chi connectivity index (χ1v) is 8.99. The fraction of sp³-hybridized carbons (Fsp3) is 0.667. The highest BCUT2D eigenvalue weighted by Crippen LogP contribution is 2.27. The number of nitrogens with zero attached hydrogens (tertiary/aromatic N) is 4. The molecule has 128 valence electrons. The zero-order chi connectivity index (χ0) is 16.8. The van der Waals surface area contributed by atoms with Crippen LogP contribution in [0.5, 0.6) is 0 Å². The molecule has 1 aromatic rings. The predicted octanol–water partition coefficient (Wildman–Crippen LogP) is 2.26. The van der Waals surface area contributed by atoms with Crippen molar-refractivity contribution in [2.45, 2.75) is 44.9 Å². The first-order chi connectivity index (χ1) is 11.8. The van der Waals surface area contributed by atoms with E-state index in [0.717, 1.165) is 32.5 Å². The van der Waals surface area contributed by atoms with Crippen molar-refractivity contribution >= 4 is 11.7 Å². The topological polar surface area (TPSA) is 81.9 Å². The number of nitrogens with one attached hydrogen (secondary N) is 1. The van der Waals surface area contributed by atoms with Crippen LogP contribution in [0.25, 0.3) is 0 Å². The van der Waals surface area contributed by atoms with Gasteiger partial charge in [0.05, 0.1) is 0 Å². The van der Waals surface area contributed by atoms with E-state index >= 15 is 0 Å². The lowest BCUT2D eigenvalue weighted by Crippen LogP contribution is -2.39. The molecule has 24 heavy (non-hydrogen) atoms. The Morgan fingerprint density at radius 1 is 1.17 bits per heavy atom. The number of piperidine rings is 1. The van der Waals surface area contributed by atoms with Crippen LogP contribution in [0.1, 0.15) is 50.6 Å².